The van der Waals surface area contributed by atoms with Crippen LogP contribution >= 0.6 is 0 Å². The van der Waals surface area contributed by atoms with Gasteiger partial charge in [0.25, 0.3) is 0 Å². The summed E-state index contributed by atoms with van der Waals surface area (Å²) in [7, 11) is 0. The third-order valence-electron chi connectivity index (χ3n) is 6.08. The maximum absolute atomic E-state index is 13.2. The molecule has 204 valence electrons. The van der Waals surface area contributed by atoms with Crippen molar-refractivity contribution < 1.29 is 45.8 Å². The lowest BCUT2D eigenvalue weighted by molar-refractivity contribution is -0.143. The Morgan fingerprint density at radius 2 is 1.45 bits per heavy atom. The number of rotatable bonds is 9. The lowest BCUT2D eigenvalue weighted by atomic mass is 9.85. The molecule has 3 rings (SSSR count). The Morgan fingerprint density at radius 3 is 2.03 bits per heavy atom. The van der Waals surface area contributed by atoms with Gasteiger partial charge in [-0.2, -0.15) is 26.3 Å². The number of carbonyl (C=O) groups is 3. The number of alkyl halides is 6. The van der Waals surface area contributed by atoms with E-state index in [0.717, 1.165) is 6.08 Å². The average Bonchev–Trinajstić information content (AvgIpc) is 2.81. The number of unbranched alkanes of at least 4 members (excludes halogenated alkanes) is 3. The molecule has 0 saturated carbocycles. The Kier molecular flexibility index (Phi) is 9.01. The Balaban J connectivity index is 1.69. The van der Waals surface area contributed by atoms with Gasteiger partial charge in [-0.1, -0.05) is 12.8 Å². The first-order chi connectivity index (χ1) is 17.7. The van der Waals surface area contributed by atoms with Crippen molar-refractivity contribution in [2.45, 2.75) is 63.7 Å². The van der Waals surface area contributed by atoms with Crippen molar-refractivity contribution in [1.82, 2.24) is 0 Å². The monoisotopic (exact) mass is 541 g/mol. The molecule has 1 amide bonds. The molecule has 11 heteroatoms. The van der Waals surface area contributed by atoms with E-state index < -0.39 is 35.2 Å². The molecule has 2 N–H and O–H groups in total. The van der Waals surface area contributed by atoms with Crippen LogP contribution in [-0.2, 0) is 28.4 Å². The summed E-state index contributed by atoms with van der Waals surface area (Å²) in [6, 6.07) is 5.80. The molecule has 0 saturated heterocycles. The van der Waals surface area contributed by atoms with Gasteiger partial charge >= 0.3 is 18.3 Å². The molecule has 0 aliphatic heterocycles. The van der Waals surface area contributed by atoms with Crippen molar-refractivity contribution in [3.05, 3.63) is 69.8 Å². The summed E-state index contributed by atoms with van der Waals surface area (Å²) in [4.78, 5) is 35.6. The first kappa shape index (κ1) is 28.9. The van der Waals surface area contributed by atoms with Crippen LogP contribution in [0.2, 0.25) is 0 Å². The number of amides is 1. The number of carboxylic acids is 1. The van der Waals surface area contributed by atoms with E-state index in [0.29, 0.717) is 55.5 Å². The summed E-state index contributed by atoms with van der Waals surface area (Å²) < 4.78 is 78.9. The zero-order chi connectivity index (χ0) is 28.1. The zero-order valence-corrected chi connectivity index (χ0v) is 20.1. The molecule has 0 bridgehead atoms. The lowest BCUT2D eigenvalue weighted by Crippen LogP contribution is -2.16. The second-order valence-corrected chi connectivity index (χ2v) is 9.07. The number of ketones is 1. The smallest absolute Gasteiger partial charge is 0.416 e. The maximum atomic E-state index is 13.2. The third kappa shape index (κ3) is 7.93. The van der Waals surface area contributed by atoms with E-state index in [1.807, 2.05) is 0 Å². The van der Waals surface area contributed by atoms with Crippen LogP contribution in [0.15, 0.2) is 42.0 Å². The number of aliphatic carboxylic acids is 1. The fourth-order valence-corrected chi connectivity index (χ4v) is 4.20. The fourth-order valence-electron chi connectivity index (χ4n) is 4.20. The van der Waals surface area contributed by atoms with Gasteiger partial charge in [-0.15, -0.1) is 0 Å². The number of nitrogens with one attached hydrogen (secondary N) is 1. The van der Waals surface area contributed by atoms with Gasteiger partial charge in [-0.3, -0.25) is 14.4 Å². The molecule has 2 aromatic rings. The van der Waals surface area contributed by atoms with Crippen LogP contribution in [0.4, 0.5) is 32.0 Å². The number of benzene rings is 2. The third-order valence-corrected chi connectivity index (χ3v) is 6.08. The van der Waals surface area contributed by atoms with Gasteiger partial charge < -0.3 is 10.4 Å². The van der Waals surface area contributed by atoms with Crippen molar-refractivity contribution in [2.75, 3.05) is 5.32 Å². The van der Waals surface area contributed by atoms with Crippen LogP contribution in [-0.4, -0.2) is 22.8 Å². The first-order valence-electron chi connectivity index (χ1n) is 11.9. The minimum atomic E-state index is -4.99. The topological polar surface area (TPSA) is 83.5 Å². The standard InChI is InChI=1S/C27H25F6NO4/c28-26(29,30)19-12-16(13-20(15-19)27(31,32)33)11-18-8-7-17-14-21(9-10-22(17)25(18)38)34-23(35)5-3-1-2-4-6-24(36)37/h9-15H,1-8H2,(H,34,35)(H,36,37)/b18-11+. The van der Waals surface area contributed by atoms with Crippen LogP contribution in [0.25, 0.3) is 6.08 Å². The maximum Gasteiger partial charge on any atom is 0.416 e. The van der Waals surface area contributed by atoms with Gasteiger partial charge in [0.1, 0.15) is 0 Å². The van der Waals surface area contributed by atoms with E-state index in [-0.39, 0.29) is 47.9 Å². The van der Waals surface area contributed by atoms with E-state index in [1.54, 1.807) is 6.07 Å². The second kappa shape index (κ2) is 11.8. The molecule has 38 heavy (non-hydrogen) atoms. The number of anilines is 1. The molecule has 0 atom stereocenters. The molecule has 1 aliphatic rings. The highest BCUT2D eigenvalue weighted by Crippen LogP contribution is 2.37. The van der Waals surface area contributed by atoms with Crippen LogP contribution < -0.4 is 5.32 Å². The van der Waals surface area contributed by atoms with Crippen LogP contribution in [0.1, 0.15) is 77.6 Å². The number of halogens is 6. The minimum Gasteiger partial charge on any atom is -0.481 e. The molecular formula is C27H25F6NO4. The van der Waals surface area contributed by atoms with Crippen molar-refractivity contribution in [3.63, 3.8) is 0 Å². The molecule has 1 aliphatic carbocycles. The van der Waals surface area contributed by atoms with E-state index in [1.165, 1.54) is 12.1 Å². The van der Waals surface area contributed by atoms with Gasteiger partial charge in [-0.05, 0) is 79.3 Å². The fraction of sp³-hybridized carbons (Fsp3) is 0.370. The zero-order valence-electron chi connectivity index (χ0n) is 20.1. The number of fused-ring (bicyclic) bond motifs is 1. The number of hydrogen-bond donors (Lipinski definition) is 2. The number of carbonyl (C=O) groups excluding carboxylic acids is 2. The summed E-state index contributed by atoms with van der Waals surface area (Å²) in [6.07, 6.45) is -5.61. The highest BCUT2D eigenvalue weighted by Gasteiger charge is 2.37. The second-order valence-electron chi connectivity index (χ2n) is 9.07. The SMILES string of the molecule is O=C(O)CCCCCCC(=O)Nc1ccc2c(c1)CC/C(=C\c1cc(C(F)(F)F)cc(C(F)(F)F)c1)C2=O. The molecule has 5 nitrogen and oxygen atoms in total. The quantitative estimate of drug-likeness (QED) is 0.198. The van der Waals surface area contributed by atoms with Crippen molar-refractivity contribution >= 4 is 29.4 Å². The minimum absolute atomic E-state index is 0.0370. The predicted octanol–water partition coefficient (Wildman–Crippen LogP) is 7.30. The molecule has 0 fully saturated rings. The first-order valence-corrected chi connectivity index (χ1v) is 11.9. The molecule has 0 unspecified atom stereocenters. The predicted molar refractivity (Wildman–Crippen MR) is 127 cm³/mol. The molecule has 0 spiro atoms. The van der Waals surface area contributed by atoms with Gasteiger partial charge in [-0.25, -0.2) is 0 Å². The Bertz CT molecular complexity index is 1210. The normalized spacial score (nSPS) is 14.9. The number of aryl methyl sites for hydroxylation is 1. The summed E-state index contributed by atoms with van der Waals surface area (Å²) in [5, 5.41) is 11.3. The van der Waals surface area contributed by atoms with E-state index in [4.69, 9.17) is 5.11 Å². The summed E-state index contributed by atoms with van der Waals surface area (Å²) in [5.74, 6) is -1.60. The van der Waals surface area contributed by atoms with Crippen LogP contribution in [0.3, 0.4) is 0 Å². The largest absolute Gasteiger partial charge is 0.481 e. The highest BCUT2D eigenvalue weighted by molar-refractivity contribution is 6.13. The van der Waals surface area contributed by atoms with Crippen molar-refractivity contribution in [2.24, 2.45) is 0 Å². The Hall–Kier alpha value is -3.63. The number of Topliss-reactive ketones (excluding diaryl/α,β-unsaturated/α-hetero) is 1. The van der Waals surface area contributed by atoms with E-state index in [2.05, 4.69) is 5.32 Å². The van der Waals surface area contributed by atoms with Gasteiger partial charge in [0.2, 0.25) is 5.91 Å². The van der Waals surface area contributed by atoms with Crippen LogP contribution in [0.5, 0.6) is 0 Å². The molecule has 2 aromatic carbocycles. The van der Waals surface area contributed by atoms with Gasteiger partial charge in [0.15, 0.2) is 5.78 Å². The highest BCUT2D eigenvalue weighted by atomic mass is 19.4. The molecule has 0 aromatic heterocycles. The lowest BCUT2D eigenvalue weighted by Gasteiger charge is -2.19. The number of hydrogen-bond acceptors (Lipinski definition) is 3. The summed E-state index contributed by atoms with van der Waals surface area (Å²) in [5.41, 5.74) is -1.85. The van der Waals surface area contributed by atoms with E-state index >= 15 is 0 Å². The van der Waals surface area contributed by atoms with Gasteiger partial charge in [0, 0.05) is 29.7 Å². The number of allylic oxidation sites excluding steroid dienone is 1. The Morgan fingerprint density at radius 1 is 0.842 bits per heavy atom. The molecule has 0 radical (unpaired) electrons. The van der Waals surface area contributed by atoms with Crippen molar-refractivity contribution in [3.8, 4) is 0 Å². The summed E-state index contributed by atoms with van der Waals surface area (Å²) >= 11 is 0. The van der Waals surface area contributed by atoms with Crippen LogP contribution in [0, 0.1) is 0 Å². The molecule has 0 heterocycles. The average molecular weight is 541 g/mol. The summed E-state index contributed by atoms with van der Waals surface area (Å²) in [6.45, 7) is 0. The Labute approximate surface area is 214 Å². The number of carboxylic acid groups (broad SMARTS) is 1. The van der Waals surface area contributed by atoms with Crippen molar-refractivity contribution in [1.29, 1.82) is 0 Å². The van der Waals surface area contributed by atoms with E-state index in [9.17, 15) is 40.7 Å². The molecular weight excluding hydrogens is 516 g/mol. The van der Waals surface area contributed by atoms with Gasteiger partial charge in [0.05, 0.1) is 11.1 Å².